The van der Waals surface area contributed by atoms with Gasteiger partial charge in [-0.1, -0.05) is 33.6 Å². The number of nitrogens with zero attached hydrogens (tertiary/aromatic N) is 2. The van der Waals surface area contributed by atoms with Gasteiger partial charge in [0.15, 0.2) is 5.96 Å². The van der Waals surface area contributed by atoms with Crippen LogP contribution >= 0.6 is 24.0 Å². The first kappa shape index (κ1) is 21.0. The summed E-state index contributed by atoms with van der Waals surface area (Å²) in [6.07, 6.45) is 5.20. The Kier molecular flexibility index (Phi) is 12.5. The highest BCUT2D eigenvalue weighted by atomic mass is 127. The average molecular weight is 410 g/mol. The minimum Gasteiger partial charge on any atom is -0.356 e. The van der Waals surface area contributed by atoms with E-state index in [1.165, 1.54) is 45.3 Å². The number of likely N-dealkylation sites (tertiary alicyclic amines) is 1. The minimum atomic E-state index is 0. The summed E-state index contributed by atoms with van der Waals surface area (Å²) in [5.74, 6) is 2.36. The van der Waals surface area contributed by atoms with Crippen LogP contribution in [0.3, 0.4) is 0 Å². The standard InChI is InChI=1S/C16H34N4.HI/c1-5-15(6-2)12-19-16(17-4)18-11-14(3)13-20-9-7-8-10-20;/h14-15H,5-13H2,1-4H3,(H2,17,18,19);1H. The monoisotopic (exact) mass is 410 g/mol. The Labute approximate surface area is 148 Å². The van der Waals surface area contributed by atoms with Gasteiger partial charge in [0.05, 0.1) is 0 Å². The summed E-state index contributed by atoms with van der Waals surface area (Å²) >= 11 is 0. The molecule has 1 unspecified atom stereocenters. The lowest BCUT2D eigenvalue weighted by molar-refractivity contribution is 0.287. The van der Waals surface area contributed by atoms with Crippen molar-refractivity contribution in [2.75, 3.05) is 39.8 Å². The zero-order valence-electron chi connectivity index (χ0n) is 14.3. The van der Waals surface area contributed by atoms with Gasteiger partial charge < -0.3 is 15.5 Å². The van der Waals surface area contributed by atoms with Crippen LogP contribution in [-0.2, 0) is 0 Å². The predicted octanol–water partition coefficient (Wildman–Crippen LogP) is 2.94. The Morgan fingerprint density at radius 1 is 1.10 bits per heavy atom. The van der Waals surface area contributed by atoms with E-state index in [0.717, 1.165) is 25.0 Å². The number of hydrogen-bond acceptors (Lipinski definition) is 2. The lowest BCUT2D eigenvalue weighted by atomic mass is 10.0. The van der Waals surface area contributed by atoms with Gasteiger partial charge >= 0.3 is 0 Å². The van der Waals surface area contributed by atoms with E-state index in [1.54, 1.807) is 0 Å². The van der Waals surface area contributed by atoms with Gasteiger partial charge in [0.2, 0.25) is 0 Å². The smallest absolute Gasteiger partial charge is 0.190 e. The van der Waals surface area contributed by atoms with Gasteiger partial charge in [-0.15, -0.1) is 24.0 Å². The molecule has 1 atom stereocenters. The van der Waals surface area contributed by atoms with Gasteiger partial charge in [-0.25, -0.2) is 0 Å². The van der Waals surface area contributed by atoms with Crippen LogP contribution in [0.25, 0.3) is 0 Å². The van der Waals surface area contributed by atoms with Crippen molar-refractivity contribution in [3.63, 3.8) is 0 Å². The molecule has 1 aliphatic rings. The van der Waals surface area contributed by atoms with Crippen LogP contribution in [0.2, 0.25) is 0 Å². The fraction of sp³-hybridized carbons (Fsp3) is 0.938. The first-order valence-electron chi connectivity index (χ1n) is 8.36. The van der Waals surface area contributed by atoms with Crippen molar-refractivity contribution < 1.29 is 0 Å². The van der Waals surface area contributed by atoms with E-state index in [4.69, 9.17) is 0 Å². The van der Waals surface area contributed by atoms with Crippen LogP contribution in [0, 0.1) is 11.8 Å². The Morgan fingerprint density at radius 2 is 1.67 bits per heavy atom. The van der Waals surface area contributed by atoms with Crippen molar-refractivity contribution >= 4 is 29.9 Å². The second kappa shape index (κ2) is 12.5. The third kappa shape index (κ3) is 8.86. The Balaban J connectivity index is 0.00000400. The molecule has 0 bridgehead atoms. The molecule has 0 aromatic heterocycles. The molecule has 0 spiro atoms. The van der Waals surface area contributed by atoms with E-state index in [1.807, 2.05) is 7.05 Å². The molecule has 0 aromatic carbocycles. The summed E-state index contributed by atoms with van der Waals surface area (Å²) in [4.78, 5) is 6.89. The quantitative estimate of drug-likeness (QED) is 0.367. The molecular formula is C16H35IN4. The number of guanidine groups is 1. The van der Waals surface area contributed by atoms with Crippen molar-refractivity contribution in [1.29, 1.82) is 0 Å². The van der Waals surface area contributed by atoms with E-state index in [9.17, 15) is 0 Å². The lowest BCUT2D eigenvalue weighted by Gasteiger charge is -2.22. The zero-order valence-corrected chi connectivity index (χ0v) is 16.7. The van der Waals surface area contributed by atoms with Gasteiger partial charge in [0.25, 0.3) is 0 Å². The summed E-state index contributed by atoms with van der Waals surface area (Å²) in [7, 11) is 1.85. The summed E-state index contributed by atoms with van der Waals surface area (Å²) in [6.45, 7) is 12.6. The van der Waals surface area contributed by atoms with Crippen LogP contribution in [0.1, 0.15) is 46.5 Å². The molecule has 1 heterocycles. The van der Waals surface area contributed by atoms with Crippen molar-refractivity contribution in [2.45, 2.75) is 46.5 Å². The highest BCUT2D eigenvalue weighted by Crippen LogP contribution is 2.09. The number of rotatable bonds is 8. The van der Waals surface area contributed by atoms with Gasteiger partial charge in [-0.3, -0.25) is 4.99 Å². The van der Waals surface area contributed by atoms with E-state index < -0.39 is 0 Å². The Morgan fingerprint density at radius 3 is 2.19 bits per heavy atom. The first-order valence-corrected chi connectivity index (χ1v) is 8.36. The predicted molar refractivity (Wildman–Crippen MR) is 104 cm³/mol. The minimum absolute atomic E-state index is 0. The average Bonchev–Trinajstić information content (AvgIpc) is 2.96. The number of hydrogen-bond donors (Lipinski definition) is 2. The van der Waals surface area contributed by atoms with Gasteiger partial charge in [0, 0.05) is 26.7 Å². The van der Waals surface area contributed by atoms with E-state index in [2.05, 4.69) is 41.3 Å². The molecule has 0 aromatic rings. The first-order chi connectivity index (χ1) is 9.69. The number of halogens is 1. The Bertz CT molecular complexity index is 273. The third-order valence-electron chi connectivity index (χ3n) is 4.32. The van der Waals surface area contributed by atoms with Crippen LogP contribution in [0.4, 0.5) is 0 Å². The molecule has 0 radical (unpaired) electrons. The summed E-state index contributed by atoms with van der Waals surface area (Å²) in [5.41, 5.74) is 0. The molecule has 4 nitrogen and oxygen atoms in total. The largest absolute Gasteiger partial charge is 0.356 e. The maximum Gasteiger partial charge on any atom is 0.190 e. The maximum absolute atomic E-state index is 4.31. The second-order valence-electron chi connectivity index (χ2n) is 6.13. The van der Waals surface area contributed by atoms with Crippen molar-refractivity contribution in [3.05, 3.63) is 0 Å². The molecule has 1 rings (SSSR count). The molecule has 1 fully saturated rings. The van der Waals surface area contributed by atoms with Crippen molar-refractivity contribution in [3.8, 4) is 0 Å². The van der Waals surface area contributed by atoms with Crippen LogP contribution in [0.15, 0.2) is 4.99 Å². The molecule has 126 valence electrons. The molecule has 1 aliphatic heterocycles. The number of nitrogens with one attached hydrogen (secondary N) is 2. The third-order valence-corrected chi connectivity index (χ3v) is 4.32. The van der Waals surface area contributed by atoms with Gasteiger partial charge in [-0.2, -0.15) is 0 Å². The maximum atomic E-state index is 4.31. The van der Waals surface area contributed by atoms with Gasteiger partial charge in [-0.05, 0) is 37.8 Å². The molecule has 5 heteroatoms. The van der Waals surface area contributed by atoms with Crippen molar-refractivity contribution in [1.82, 2.24) is 15.5 Å². The number of aliphatic imine (C=N–C) groups is 1. The van der Waals surface area contributed by atoms with E-state index >= 15 is 0 Å². The summed E-state index contributed by atoms with van der Waals surface area (Å²) in [6, 6.07) is 0. The fourth-order valence-electron chi connectivity index (χ4n) is 2.78. The van der Waals surface area contributed by atoms with Crippen LogP contribution < -0.4 is 10.6 Å². The Hall–Kier alpha value is -0.0400. The fourth-order valence-corrected chi connectivity index (χ4v) is 2.78. The molecule has 1 saturated heterocycles. The van der Waals surface area contributed by atoms with E-state index in [0.29, 0.717) is 5.92 Å². The highest BCUT2D eigenvalue weighted by Gasteiger charge is 2.14. The summed E-state index contributed by atoms with van der Waals surface area (Å²) in [5, 5.41) is 6.90. The SMILES string of the molecule is CCC(CC)CNC(=NC)NCC(C)CN1CCCC1.I. The highest BCUT2D eigenvalue weighted by molar-refractivity contribution is 14.0. The van der Waals surface area contributed by atoms with Crippen LogP contribution in [-0.4, -0.2) is 50.6 Å². The second-order valence-corrected chi connectivity index (χ2v) is 6.13. The van der Waals surface area contributed by atoms with E-state index in [-0.39, 0.29) is 24.0 Å². The topological polar surface area (TPSA) is 39.7 Å². The van der Waals surface area contributed by atoms with Gasteiger partial charge in [0.1, 0.15) is 0 Å². The molecule has 0 saturated carbocycles. The molecule has 2 N–H and O–H groups in total. The zero-order chi connectivity index (χ0) is 14.8. The molecule has 0 aliphatic carbocycles. The normalized spacial score (nSPS) is 17.7. The lowest BCUT2D eigenvalue weighted by Crippen LogP contribution is -2.42. The molecular weight excluding hydrogens is 375 g/mol. The molecule has 21 heavy (non-hydrogen) atoms. The van der Waals surface area contributed by atoms with Crippen molar-refractivity contribution in [2.24, 2.45) is 16.8 Å². The molecule has 0 amide bonds. The summed E-state index contributed by atoms with van der Waals surface area (Å²) < 4.78 is 0. The van der Waals surface area contributed by atoms with Crippen LogP contribution in [0.5, 0.6) is 0 Å².